The topological polar surface area (TPSA) is 32.3 Å². The molecule has 0 spiro atoms. The van der Waals surface area contributed by atoms with E-state index in [1.807, 2.05) is 6.92 Å². The summed E-state index contributed by atoms with van der Waals surface area (Å²) in [5.74, 6) is 0. The zero-order chi connectivity index (χ0) is 9.07. The van der Waals surface area contributed by atoms with Gasteiger partial charge in [-0.1, -0.05) is 20.4 Å². The lowest BCUT2D eigenvalue weighted by molar-refractivity contribution is 0.0957. The Hall–Kier alpha value is -0.340. The second-order valence-corrected chi connectivity index (χ2v) is 3.59. The van der Waals surface area contributed by atoms with E-state index >= 15 is 0 Å². The summed E-state index contributed by atoms with van der Waals surface area (Å²) in [5.41, 5.74) is 0.0234. The number of aliphatic hydroxyl groups is 1. The van der Waals surface area contributed by atoms with Gasteiger partial charge in [0.15, 0.2) is 0 Å². The van der Waals surface area contributed by atoms with Gasteiger partial charge < -0.3 is 10.4 Å². The van der Waals surface area contributed by atoms with Crippen molar-refractivity contribution in [1.29, 1.82) is 0 Å². The summed E-state index contributed by atoms with van der Waals surface area (Å²) < 4.78 is 0. The molecule has 0 heterocycles. The molecule has 0 fully saturated rings. The molecule has 0 bridgehead atoms. The summed E-state index contributed by atoms with van der Waals surface area (Å²) in [5, 5.41) is 12.8. The Labute approximate surface area is 69.3 Å². The van der Waals surface area contributed by atoms with Crippen LogP contribution < -0.4 is 5.32 Å². The number of rotatable bonds is 4. The van der Waals surface area contributed by atoms with Gasteiger partial charge in [0.25, 0.3) is 0 Å². The molecule has 2 N–H and O–H groups in total. The molecule has 2 nitrogen and oxygen atoms in total. The summed E-state index contributed by atoms with van der Waals surface area (Å²) in [6, 6.07) is 0.404. The van der Waals surface area contributed by atoms with Crippen LogP contribution >= 0.6 is 0 Å². The average Bonchev–Trinajstić information content (AvgIpc) is 1.84. The molecule has 1 unspecified atom stereocenters. The third-order valence-corrected chi connectivity index (χ3v) is 1.77. The standard InChI is InChI=1S/C9H19NO/c1-7(2)9(5,11)6-10-8(3)4/h8,10-11H,1,6H2,2-5H3. The van der Waals surface area contributed by atoms with E-state index in [9.17, 15) is 5.11 Å². The van der Waals surface area contributed by atoms with Gasteiger partial charge in [0.05, 0.1) is 5.60 Å². The second-order valence-electron chi connectivity index (χ2n) is 3.59. The Morgan fingerprint density at radius 3 is 2.36 bits per heavy atom. The van der Waals surface area contributed by atoms with Gasteiger partial charge in [0.2, 0.25) is 0 Å². The lowest BCUT2D eigenvalue weighted by atomic mass is 9.99. The minimum absolute atomic E-state index is 0.404. The summed E-state index contributed by atoms with van der Waals surface area (Å²) in [4.78, 5) is 0. The molecular weight excluding hydrogens is 138 g/mol. The van der Waals surface area contributed by atoms with E-state index in [2.05, 4.69) is 25.7 Å². The molecule has 0 saturated heterocycles. The molecule has 0 aliphatic heterocycles. The lowest BCUT2D eigenvalue weighted by Gasteiger charge is -2.25. The monoisotopic (exact) mass is 157 g/mol. The van der Waals surface area contributed by atoms with Crippen molar-refractivity contribution in [2.24, 2.45) is 0 Å². The van der Waals surface area contributed by atoms with E-state index in [4.69, 9.17) is 0 Å². The van der Waals surface area contributed by atoms with Crippen LogP contribution in [0.4, 0.5) is 0 Å². The van der Waals surface area contributed by atoms with E-state index in [1.165, 1.54) is 0 Å². The van der Waals surface area contributed by atoms with Crippen LogP contribution in [0.1, 0.15) is 27.7 Å². The van der Waals surface area contributed by atoms with Crippen molar-refractivity contribution in [1.82, 2.24) is 5.32 Å². The van der Waals surface area contributed by atoms with Crippen LogP contribution in [-0.4, -0.2) is 23.3 Å². The first-order valence-electron chi connectivity index (χ1n) is 3.98. The highest BCUT2D eigenvalue weighted by molar-refractivity contribution is 5.07. The Morgan fingerprint density at radius 1 is 1.64 bits per heavy atom. The van der Waals surface area contributed by atoms with Gasteiger partial charge in [-0.05, 0) is 19.4 Å². The molecule has 0 amide bonds. The van der Waals surface area contributed by atoms with Gasteiger partial charge in [-0.3, -0.25) is 0 Å². The van der Waals surface area contributed by atoms with Gasteiger partial charge in [-0.2, -0.15) is 0 Å². The molecule has 0 saturated carbocycles. The van der Waals surface area contributed by atoms with E-state index in [1.54, 1.807) is 6.92 Å². The first-order chi connectivity index (χ1) is 4.86. The van der Waals surface area contributed by atoms with Gasteiger partial charge in [-0.15, -0.1) is 0 Å². The Morgan fingerprint density at radius 2 is 2.09 bits per heavy atom. The highest BCUT2D eigenvalue weighted by atomic mass is 16.3. The van der Waals surface area contributed by atoms with Gasteiger partial charge >= 0.3 is 0 Å². The maximum atomic E-state index is 9.68. The third-order valence-electron chi connectivity index (χ3n) is 1.77. The maximum absolute atomic E-state index is 9.68. The van der Waals surface area contributed by atoms with Crippen molar-refractivity contribution >= 4 is 0 Å². The molecular formula is C9H19NO. The molecule has 11 heavy (non-hydrogen) atoms. The van der Waals surface area contributed by atoms with Crippen molar-refractivity contribution < 1.29 is 5.11 Å². The summed E-state index contributed by atoms with van der Waals surface area (Å²) in [6.07, 6.45) is 0. The lowest BCUT2D eigenvalue weighted by Crippen LogP contribution is -2.41. The van der Waals surface area contributed by atoms with Crippen molar-refractivity contribution in [3.05, 3.63) is 12.2 Å². The van der Waals surface area contributed by atoms with Crippen molar-refractivity contribution in [2.75, 3.05) is 6.54 Å². The molecule has 66 valence electrons. The number of hydrogen-bond donors (Lipinski definition) is 2. The van der Waals surface area contributed by atoms with E-state index in [0.717, 1.165) is 5.57 Å². The smallest absolute Gasteiger partial charge is 0.0947 e. The number of nitrogens with one attached hydrogen (secondary N) is 1. The fourth-order valence-corrected chi connectivity index (χ4v) is 0.554. The predicted octanol–water partition coefficient (Wildman–Crippen LogP) is 1.31. The van der Waals surface area contributed by atoms with Crippen molar-refractivity contribution in [3.63, 3.8) is 0 Å². The van der Waals surface area contributed by atoms with Crippen LogP contribution in [0.25, 0.3) is 0 Å². The van der Waals surface area contributed by atoms with Gasteiger partial charge in [0, 0.05) is 12.6 Å². The van der Waals surface area contributed by atoms with Crippen LogP contribution in [0, 0.1) is 0 Å². The zero-order valence-corrected chi connectivity index (χ0v) is 7.94. The largest absolute Gasteiger partial charge is 0.384 e. The van der Waals surface area contributed by atoms with Gasteiger partial charge in [-0.25, -0.2) is 0 Å². The fourth-order valence-electron chi connectivity index (χ4n) is 0.554. The van der Waals surface area contributed by atoms with E-state index < -0.39 is 5.60 Å². The fraction of sp³-hybridized carbons (Fsp3) is 0.778. The molecule has 0 aromatic heterocycles. The van der Waals surface area contributed by atoms with Crippen LogP contribution in [0.15, 0.2) is 12.2 Å². The minimum Gasteiger partial charge on any atom is -0.384 e. The molecule has 0 aliphatic rings. The minimum atomic E-state index is -0.774. The zero-order valence-electron chi connectivity index (χ0n) is 7.94. The Balaban J connectivity index is 3.83. The Bertz CT molecular complexity index is 138. The van der Waals surface area contributed by atoms with Crippen molar-refractivity contribution in [3.8, 4) is 0 Å². The average molecular weight is 157 g/mol. The van der Waals surface area contributed by atoms with E-state index in [-0.39, 0.29) is 0 Å². The maximum Gasteiger partial charge on any atom is 0.0947 e. The second kappa shape index (κ2) is 3.88. The molecule has 0 aromatic carbocycles. The van der Waals surface area contributed by atoms with Crippen LogP contribution in [0.2, 0.25) is 0 Å². The predicted molar refractivity (Wildman–Crippen MR) is 48.6 cm³/mol. The van der Waals surface area contributed by atoms with E-state index in [0.29, 0.717) is 12.6 Å². The van der Waals surface area contributed by atoms with Gasteiger partial charge in [0.1, 0.15) is 0 Å². The quantitative estimate of drug-likeness (QED) is 0.603. The SMILES string of the molecule is C=C(C)C(C)(O)CNC(C)C. The molecule has 0 radical (unpaired) electrons. The Kier molecular flexibility index (Phi) is 3.76. The normalized spacial score (nSPS) is 16.5. The number of hydrogen-bond acceptors (Lipinski definition) is 2. The highest BCUT2D eigenvalue weighted by Gasteiger charge is 2.20. The molecule has 0 rings (SSSR count). The first-order valence-corrected chi connectivity index (χ1v) is 3.98. The molecule has 1 atom stereocenters. The molecule has 0 aromatic rings. The van der Waals surface area contributed by atoms with Crippen molar-refractivity contribution in [2.45, 2.75) is 39.3 Å². The first kappa shape index (κ1) is 10.7. The summed E-state index contributed by atoms with van der Waals surface area (Å²) in [6.45, 7) is 12.0. The highest BCUT2D eigenvalue weighted by Crippen LogP contribution is 2.11. The molecule has 0 aliphatic carbocycles. The van der Waals surface area contributed by atoms with Crippen LogP contribution in [0.3, 0.4) is 0 Å². The molecule has 2 heteroatoms. The van der Waals surface area contributed by atoms with Crippen LogP contribution in [0.5, 0.6) is 0 Å². The summed E-state index contributed by atoms with van der Waals surface area (Å²) in [7, 11) is 0. The third kappa shape index (κ3) is 4.17. The summed E-state index contributed by atoms with van der Waals surface area (Å²) >= 11 is 0. The van der Waals surface area contributed by atoms with Crippen LogP contribution in [-0.2, 0) is 0 Å².